The number of methoxy groups -OCH3 is 1. The minimum atomic E-state index is -3.97. The summed E-state index contributed by atoms with van der Waals surface area (Å²) in [6, 6.07) is 2.78. The molecule has 0 radical (unpaired) electrons. The zero-order chi connectivity index (χ0) is 15.5. The van der Waals surface area contributed by atoms with E-state index in [0.29, 0.717) is 5.75 Å². The summed E-state index contributed by atoms with van der Waals surface area (Å²) in [4.78, 5) is 11.3. The molecule has 8 heteroatoms. The Kier molecular flexibility index (Phi) is 5.23. The lowest BCUT2D eigenvalue weighted by Crippen LogP contribution is -2.38. The summed E-state index contributed by atoms with van der Waals surface area (Å²) < 4.78 is 45.3. The Morgan fingerprint density at radius 1 is 1.48 bits per heavy atom. The molecule has 0 amide bonds. The van der Waals surface area contributed by atoms with Gasteiger partial charge in [-0.1, -0.05) is 0 Å². The van der Waals surface area contributed by atoms with E-state index < -0.39 is 21.8 Å². The van der Waals surface area contributed by atoms with Gasteiger partial charge < -0.3 is 4.74 Å². The molecule has 1 N–H and O–H groups in total. The van der Waals surface area contributed by atoms with Gasteiger partial charge in [0.1, 0.15) is 5.82 Å². The Labute approximate surface area is 127 Å². The summed E-state index contributed by atoms with van der Waals surface area (Å²) in [7, 11) is -2.83. The summed E-state index contributed by atoms with van der Waals surface area (Å²) in [5, 5.41) is 0. The van der Waals surface area contributed by atoms with Gasteiger partial charge in [-0.05, 0) is 36.8 Å². The molecule has 21 heavy (non-hydrogen) atoms. The van der Waals surface area contributed by atoms with Crippen LogP contribution in [0.4, 0.5) is 4.39 Å². The molecular weight excluding hydrogens is 317 g/mol. The van der Waals surface area contributed by atoms with Gasteiger partial charge in [-0.2, -0.15) is 11.8 Å². The van der Waals surface area contributed by atoms with Crippen LogP contribution >= 0.6 is 11.8 Å². The van der Waals surface area contributed by atoms with Gasteiger partial charge >= 0.3 is 5.97 Å². The van der Waals surface area contributed by atoms with Crippen molar-refractivity contribution in [3.8, 4) is 0 Å². The van der Waals surface area contributed by atoms with Crippen LogP contribution in [0, 0.1) is 5.82 Å². The van der Waals surface area contributed by atoms with Crippen molar-refractivity contribution in [3.05, 3.63) is 29.6 Å². The smallest absolute Gasteiger partial charge is 0.339 e. The fourth-order valence-corrected chi connectivity index (χ4v) is 4.77. The highest BCUT2D eigenvalue weighted by Gasteiger charge is 2.27. The van der Waals surface area contributed by atoms with Gasteiger partial charge in [0, 0.05) is 11.8 Å². The highest BCUT2D eigenvalue weighted by molar-refractivity contribution is 7.99. The van der Waals surface area contributed by atoms with Gasteiger partial charge in [0.25, 0.3) is 0 Å². The minimum Gasteiger partial charge on any atom is -0.465 e. The first-order valence-electron chi connectivity index (χ1n) is 6.42. The maximum Gasteiger partial charge on any atom is 0.339 e. The third-order valence-corrected chi connectivity index (χ3v) is 5.90. The third-order valence-electron chi connectivity index (χ3n) is 3.12. The Balaban J connectivity index is 2.33. The third kappa shape index (κ3) is 3.96. The van der Waals surface area contributed by atoms with Crippen molar-refractivity contribution in [3.63, 3.8) is 0 Å². The molecule has 1 aromatic carbocycles. The number of nitrogens with one attached hydrogen (secondary N) is 1. The summed E-state index contributed by atoms with van der Waals surface area (Å²) in [5.41, 5.74) is -0.171. The van der Waals surface area contributed by atoms with Crippen LogP contribution in [0.3, 0.4) is 0 Å². The van der Waals surface area contributed by atoms with Crippen molar-refractivity contribution in [2.24, 2.45) is 0 Å². The van der Waals surface area contributed by atoms with Crippen molar-refractivity contribution < 1.29 is 22.3 Å². The van der Waals surface area contributed by atoms with Crippen molar-refractivity contribution in [1.29, 1.82) is 0 Å². The Morgan fingerprint density at radius 3 is 2.86 bits per heavy atom. The summed E-state index contributed by atoms with van der Waals surface area (Å²) >= 11 is 1.66. The number of carbonyl (C=O) groups is 1. The van der Waals surface area contributed by atoms with Crippen LogP contribution in [0.25, 0.3) is 0 Å². The number of rotatable bonds is 4. The number of benzene rings is 1. The zero-order valence-corrected chi connectivity index (χ0v) is 13.1. The average molecular weight is 333 g/mol. The molecule has 1 unspecified atom stereocenters. The zero-order valence-electron chi connectivity index (χ0n) is 11.5. The number of carbonyl (C=O) groups excluding carboxylic acids is 1. The second kappa shape index (κ2) is 6.76. The van der Waals surface area contributed by atoms with Gasteiger partial charge in [-0.3, -0.25) is 0 Å². The standard InChI is InChI=1S/C13H16FNO4S2/c1-19-13(16)11-5-4-9(14)7-12(11)21(17,18)15-10-3-2-6-20-8-10/h4-5,7,10,15H,2-3,6,8H2,1H3. The molecule has 1 aliphatic heterocycles. The number of sulfonamides is 1. The van der Waals surface area contributed by atoms with E-state index in [9.17, 15) is 17.6 Å². The fraction of sp³-hybridized carbons (Fsp3) is 0.462. The monoisotopic (exact) mass is 333 g/mol. The number of thioether (sulfide) groups is 1. The van der Waals surface area contributed by atoms with Crippen LogP contribution in [0.15, 0.2) is 23.1 Å². The van der Waals surface area contributed by atoms with E-state index in [1.54, 1.807) is 11.8 Å². The summed E-state index contributed by atoms with van der Waals surface area (Å²) in [6.45, 7) is 0. The Hall–Kier alpha value is -1.12. The predicted molar refractivity (Wildman–Crippen MR) is 78.4 cm³/mol. The van der Waals surface area contributed by atoms with Crippen LogP contribution < -0.4 is 4.72 Å². The molecule has 0 aromatic heterocycles. The first-order chi connectivity index (χ1) is 9.94. The molecule has 1 saturated heterocycles. The molecule has 116 valence electrons. The second-order valence-electron chi connectivity index (χ2n) is 4.67. The number of halogens is 1. The van der Waals surface area contributed by atoms with E-state index >= 15 is 0 Å². The van der Waals surface area contributed by atoms with E-state index in [0.717, 1.165) is 43.9 Å². The number of hydrogen-bond acceptors (Lipinski definition) is 5. The molecule has 0 bridgehead atoms. The van der Waals surface area contributed by atoms with Crippen LogP contribution in [0.2, 0.25) is 0 Å². The van der Waals surface area contributed by atoms with Crippen molar-refractivity contribution >= 4 is 27.8 Å². The highest BCUT2D eigenvalue weighted by Crippen LogP contribution is 2.22. The lowest BCUT2D eigenvalue weighted by molar-refractivity contribution is 0.0596. The Bertz CT molecular complexity index is 627. The summed E-state index contributed by atoms with van der Waals surface area (Å²) in [6.07, 6.45) is 1.65. The molecule has 2 rings (SSSR count). The van der Waals surface area contributed by atoms with E-state index in [-0.39, 0.29) is 16.5 Å². The quantitative estimate of drug-likeness (QED) is 0.851. The van der Waals surface area contributed by atoms with E-state index in [1.165, 1.54) is 0 Å². The summed E-state index contributed by atoms with van der Waals surface area (Å²) in [5.74, 6) is 0.141. The molecule has 1 fully saturated rings. The van der Waals surface area contributed by atoms with Crippen molar-refractivity contribution in [2.75, 3.05) is 18.6 Å². The molecule has 1 aliphatic rings. The number of ether oxygens (including phenoxy) is 1. The van der Waals surface area contributed by atoms with Crippen LogP contribution in [0.5, 0.6) is 0 Å². The van der Waals surface area contributed by atoms with Crippen LogP contribution in [-0.2, 0) is 14.8 Å². The first-order valence-corrected chi connectivity index (χ1v) is 9.06. The first kappa shape index (κ1) is 16.3. The molecular formula is C13H16FNO4S2. The van der Waals surface area contributed by atoms with Crippen molar-refractivity contribution in [1.82, 2.24) is 4.72 Å². The second-order valence-corrected chi connectivity index (χ2v) is 7.50. The predicted octanol–water partition coefficient (Wildman–Crippen LogP) is 1.79. The molecule has 0 aliphatic carbocycles. The average Bonchev–Trinajstić information content (AvgIpc) is 2.47. The molecule has 5 nitrogen and oxygen atoms in total. The van der Waals surface area contributed by atoms with Gasteiger partial charge in [0.15, 0.2) is 0 Å². The van der Waals surface area contributed by atoms with Gasteiger partial charge in [-0.15, -0.1) is 0 Å². The van der Waals surface area contributed by atoms with Gasteiger partial charge in [-0.25, -0.2) is 22.3 Å². The number of hydrogen-bond donors (Lipinski definition) is 1. The number of esters is 1. The lowest BCUT2D eigenvalue weighted by Gasteiger charge is -2.22. The maximum atomic E-state index is 13.4. The van der Waals surface area contributed by atoms with E-state index in [1.807, 2.05) is 0 Å². The highest BCUT2D eigenvalue weighted by atomic mass is 32.2. The van der Waals surface area contributed by atoms with E-state index in [2.05, 4.69) is 9.46 Å². The van der Waals surface area contributed by atoms with Crippen molar-refractivity contribution in [2.45, 2.75) is 23.8 Å². The molecule has 0 spiro atoms. The SMILES string of the molecule is COC(=O)c1ccc(F)cc1S(=O)(=O)NC1CCCSC1. The van der Waals surface area contributed by atoms with Crippen LogP contribution in [-0.4, -0.2) is 39.0 Å². The molecule has 1 atom stereocenters. The maximum absolute atomic E-state index is 13.4. The lowest BCUT2D eigenvalue weighted by atomic mass is 10.2. The minimum absolute atomic E-state index is 0.171. The molecule has 1 heterocycles. The molecule has 1 aromatic rings. The fourth-order valence-electron chi connectivity index (χ4n) is 2.11. The van der Waals surface area contributed by atoms with Gasteiger partial charge in [0.2, 0.25) is 10.0 Å². The van der Waals surface area contributed by atoms with Gasteiger partial charge in [0.05, 0.1) is 17.6 Å². The molecule has 0 saturated carbocycles. The van der Waals surface area contributed by atoms with Crippen LogP contribution in [0.1, 0.15) is 23.2 Å². The Morgan fingerprint density at radius 2 is 2.24 bits per heavy atom. The topological polar surface area (TPSA) is 72.5 Å². The largest absolute Gasteiger partial charge is 0.465 e. The normalized spacial score (nSPS) is 19.2. The van der Waals surface area contributed by atoms with E-state index in [4.69, 9.17) is 0 Å².